The van der Waals surface area contributed by atoms with Crippen molar-refractivity contribution >= 4 is 16.8 Å². The number of hydrogen-bond acceptors (Lipinski definition) is 1. The van der Waals surface area contributed by atoms with Crippen LogP contribution in [0.5, 0.6) is 0 Å². The minimum Gasteiger partial charge on any atom is -0.361 e. The Morgan fingerprint density at radius 3 is 3.12 bits per heavy atom. The van der Waals surface area contributed by atoms with Gasteiger partial charge in [-0.15, -0.1) is 12.3 Å². The Balaban J connectivity index is 2.09. The van der Waals surface area contributed by atoms with Crippen molar-refractivity contribution in [3.63, 3.8) is 0 Å². The van der Waals surface area contributed by atoms with Gasteiger partial charge in [0.1, 0.15) is 0 Å². The van der Waals surface area contributed by atoms with E-state index in [9.17, 15) is 4.79 Å². The smallest absolute Gasteiger partial charge is 0.253 e. The highest BCUT2D eigenvalue weighted by Gasteiger charge is 2.09. The quantitative estimate of drug-likeness (QED) is 0.610. The van der Waals surface area contributed by atoms with E-state index in [4.69, 9.17) is 6.42 Å². The van der Waals surface area contributed by atoms with Gasteiger partial charge >= 0.3 is 0 Å². The van der Waals surface area contributed by atoms with Gasteiger partial charge in [0, 0.05) is 24.5 Å². The standard InChI is InChI=1S/C14H14N2O/c1-2-3-4-9-16-14(17)12-7-5-6-11-8-10-15-13(11)12/h1,5-8,10,15H,3-4,9H2,(H,16,17). The number of benzene rings is 1. The maximum atomic E-state index is 11.9. The zero-order valence-electron chi connectivity index (χ0n) is 9.49. The molecule has 1 aromatic heterocycles. The molecule has 3 nitrogen and oxygen atoms in total. The van der Waals surface area contributed by atoms with Gasteiger partial charge in [0.15, 0.2) is 0 Å². The molecule has 0 saturated heterocycles. The molecule has 0 atom stereocenters. The molecule has 2 aromatic rings. The normalized spacial score (nSPS) is 10.1. The van der Waals surface area contributed by atoms with Crippen LogP contribution in [0.1, 0.15) is 23.2 Å². The van der Waals surface area contributed by atoms with Crippen LogP contribution >= 0.6 is 0 Å². The Morgan fingerprint density at radius 2 is 2.29 bits per heavy atom. The van der Waals surface area contributed by atoms with Gasteiger partial charge < -0.3 is 10.3 Å². The highest BCUT2D eigenvalue weighted by molar-refractivity contribution is 6.05. The molecule has 3 heteroatoms. The van der Waals surface area contributed by atoms with Crippen LogP contribution in [0.2, 0.25) is 0 Å². The number of carbonyl (C=O) groups excluding carboxylic acids is 1. The number of para-hydroxylation sites is 1. The first-order valence-corrected chi connectivity index (χ1v) is 5.60. The number of terminal acetylenes is 1. The van der Waals surface area contributed by atoms with Crippen molar-refractivity contribution in [2.45, 2.75) is 12.8 Å². The predicted molar refractivity (Wildman–Crippen MR) is 68.7 cm³/mol. The van der Waals surface area contributed by atoms with Crippen LogP contribution in [0, 0.1) is 12.3 Å². The van der Waals surface area contributed by atoms with Crippen molar-refractivity contribution in [1.29, 1.82) is 0 Å². The second-order valence-corrected chi connectivity index (χ2v) is 3.81. The molecule has 1 amide bonds. The molecule has 0 radical (unpaired) electrons. The van der Waals surface area contributed by atoms with E-state index in [1.807, 2.05) is 30.5 Å². The van der Waals surface area contributed by atoms with Crippen molar-refractivity contribution in [1.82, 2.24) is 10.3 Å². The zero-order chi connectivity index (χ0) is 12.1. The molecule has 86 valence electrons. The van der Waals surface area contributed by atoms with Gasteiger partial charge in [0.25, 0.3) is 5.91 Å². The zero-order valence-corrected chi connectivity index (χ0v) is 9.49. The largest absolute Gasteiger partial charge is 0.361 e. The fourth-order valence-electron chi connectivity index (χ4n) is 1.76. The Morgan fingerprint density at radius 1 is 1.41 bits per heavy atom. The average molecular weight is 226 g/mol. The molecule has 0 unspecified atom stereocenters. The Labute approximate surface area is 100 Å². The maximum absolute atomic E-state index is 11.9. The minimum atomic E-state index is -0.0601. The highest BCUT2D eigenvalue weighted by Crippen LogP contribution is 2.16. The summed E-state index contributed by atoms with van der Waals surface area (Å²) < 4.78 is 0. The number of aromatic amines is 1. The summed E-state index contributed by atoms with van der Waals surface area (Å²) in [6, 6.07) is 7.62. The van der Waals surface area contributed by atoms with E-state index in [0.29, 0.717) is 18.5 Å². The lowest BCUT2D eigenvalue weighted by atomic mass is 10.1. The SMILES string of the molecule is C#CCCCNC(=O)c1cccc2cc[nH]c12. The first-order valence-electron chi connectivity index (χ1n) is 5.60. The van der Waals surface area contributed by atoms with E-state index >= 15 is 0 Å². The summed E-state index contributed by atoms with van der Waals surface area (Å²) in [7, 11) is 0. The number of H-pyrrole nitrogens is 1. The fraction of sp³-hybridized carbons (Fsp3) is 0.214. The number of amides is 1. The summed E-state index contributed by atoms with van der Waals surface area (Å²) in [5, 5.41) is 3.90. The van der Waals surface area contributed by atoms with Gasteiger partial charge in [0.05, 0.1) is 11.1 Å². The summed E-state index contributed by atoms with van der Waals surface area (Å²) in [5.41, 5.74) is 1.55. The van der Waals surface area contributed by atoms with Crippen molar-refractivity contribution < 1.29 is 4.79 Å². The lowest BCUT2D eigenvalue weighted by Crippen LogP contribution is -2.24. The van der Waals surface area contributed by atoms with Crippen LogP contribution in [0.25, 0.3) is 10.9 Å². The van der Waals surface area contributed by atoms with E-state index in [1.165, 1.54) is 0 Å². The number of unbranched alkanes of at least 4 members (excludes halogenated alkanes) is 1. The van der Waals surface area contributed by atoms with Crippen LogP contribution in [-0.4, -0.2) is 17.4 Å². The molecule has 0 spiro atoms. The van der Waals surface area contributed by atoms with Crippen molar-refractivity contribution in [2.24, 2.45) is 0 Å². The van der Waals surface area contributed by atoms with Crippen LogP contribution in [0.15, 0.2) is 30.5 Å². The first-order chi connectivity index (χ1) is 8.33. The van der Waals surface area contributed by atoms with Crippen LogP contribution in [-0.2, 0) is 0 Å². The van der Waals surface area contributed by atoms with Gasteiger partial charge in [-0.2, -0.15) is 0 Å². The third-order valence-corrected chi connectivity index (χ3v) is 2.62. The molecule has 0 aliphatic rings. The molecule has 0 fully saturated rings. The van der Waals surface area contributed by atoms with Crippen molar-refractivity contribution in [3.8, 4) is 12.3 Å². The van der Waals surface area contributed by atoms with E-state index in [-0.39, 0.29) is 5.91 Å². The number of carbonyl (C=O) groups is 1. The second kappa shape index (κ2) is 5.22. The molecule has 2 rings (SSSR count). The third kappa shape index (κ3) is 2.48. The van der Waals surface area contributed by atoms with Gasteiger partial charge in [-0.3, -0.25) is 4.79 Å². The fourth-order valence-corrected chi connectivity index (χ4v) is 1.76. The van der Waals surface area contributed by atoms with Gasteiger partial charge in [-0.1, -0.05) is 12.1 Å². The Hall–Kier alpha value is -2.21. The third-order valence-electron chi connectivity index (χ3n) is 2.62. The second-order valence-electron chi connectivity index (χ2n) is 3.81. The molecule has 0 aliphatic heterocycles. The number of rotatable bonds is 4. The van der Waals surface area contributed by atoms with Crippen molar-refractivity contribution in [2.75, 3.05) is 6.54 Å². The first kappa shape index (κ1) is 11.3. The van der Waals surface area contributed by atoms with Crippen LogP contribution in [0.3, 0.4) is 0 Å². The summed E-state index contributed by atoms with van der Waals surface area (Å²) in [6.07, 6.45) is 8.48. The summed E-state index contributed by atoms with van der Waals surface area (Å²) in [4.78, 5) is 15.0. The summed E-state index contributed by atoms with van der Waals surface area (Å²) >= 11 is 0. The van der Waals surface area contributed by atoms with Gasteiger partial charge in [0.2, 0.25) is 0 Å². The monoisotopic (exact) mass is 226 g/mol. The van der Waals surface area contributed by atoms with E-state index in [0.717, 1.165) is 17.3 Å². The lowest BCUT2D eigenvalue weighted by Gasteiger charge is -2.05. The molecule has 2 N–H and O–H groups in total. The van der Waals surface area contributed by atoms with Crippen LogP contribution in [0.4, 0.5) is 0 Å². The van der Waals surface area contributed by atoms with Crippen LogP contribution < -0.4 is 5.32 Å². The molecule has 1 aromatic carbocycles. The summed E-state index contributed by atoms with van der Waals surface area (Å²) in [5.74, 6) is 2.49. The van der Waals surface area contributed by atoms with Gasteiger partial charge in [-0.05, 0) is 18.6 Å². The molecular formula is C14H14N2O. The average Bonchev–Trinajstić information content (AvgIpc) is 2.82. The molecule has 0 aliphatic carbocycles. The molecule has 0 saturated carbocycles. The van der Waals surface area contributed by atoms with E-state index < -0.39 is 0 Å². The number of nitrogens with one attached hydrogen (secondary N) is 2. The Kier molecular flexibility index (Phi) is 3.46. The number of aromatic nitrogens is 1. The lowest BCUT2D eigenvalue weighted by molar-refractivity contribution is 0.0955. The molecule has 1 heterocycles. The summed E-state index contributed by atoms with van der Waals surface area (Å²) in [6.45, 7) is 0.611. The van der Waals surface area contributed by atoms with Gasteiger partial charge in [-0.25, -0.2) is 0 Å². The number of hydrogen-bond donors (Lipinski definition) is 2. The predicted octanol–water partition coefficient (Wildman–Crippen LogP) is 2.31. The number of fused-ring (bicyclic) bond motifs is 1. The maximum Gasteiger partial charge on any atom is 0.253 e. The molecule has 17 heavy (non-hydrogen) atoms. The van der Waals surface area contributed by atoms with E-state index in [1.54, 1.807) is 0 Å². The topological polar surface area (TPSA) is 44.9 Å². The van der Waals surface area contributed by atoms with Crippen molar-refractivity contribution in [3.05, 3.63) is 36.0 Å². The molecule has 0 bridgehead atoms. The van der Waals surface area contributed by atoms with E-state index in [2.05, 4.69) is 16.2 Å². The highest BCUT2D eigenvalue weighted by atomic mass is 16.1. The Bertz CT molecular complexity index is 563. The minimum absolute atomic E-state index is 0.0601. The molecular weight excluding hydrogens is 212 g/mol.